The number of carbonyl (C=O) groups is 1. The first kappa shape index (κ1) is 21.9. The Morgan fingerprint density at radius 2 is 1.90 bits per heavy atom. The standard InChI is InChI=1S/C23H27N5O3/c1-4-28(5-2)18-10-7-17(22(29)13-18)15-24-27-23(30)21-14-20(25-26-21)16-8-11-19(12-9-16)31-6-3/h7-15,29H,4-6H2,1-3H3,(H,25,26)(H,27,30)/b24-15+. The van der Waals surface area contributed by atoms with Gasteiger partial charge in [0.2, 0.25) is 0 Å². The van der Waals surface area contributed by atoms with Crippen molar-refractivity contribution in [1.82, 2.24) is 15.6 Å². The Bertz CT molecular complexity index is 1040. The molecule has 0 unspecified atom stereocenters. The molecule has 3 N–H and O–H groups in total. The molecule has 0 aliphatic carbocycles. The summed E-state index contributed by atoms with van der Waals surface area (Å²) in [6, 6.07) is 14.5. The summed E-state index contributed by atoms with van der Waals surface area (Å²) in [5.41, 5.74) is 5.67. The Morgan fingerprint density at radius 3 is 2.55 bits per heavy atom. The van der Waals surface area contributed by atoms with E-state index in [1.165, 1.54) is 6.21 Å². The maximum atomic E-state index is 12.3. The van der Waals surface area contributed by atoms with Crippen LogP contribution in [-0.4, -0.2) is 47.1 Å². The number of benzene rings is 2. The average Bonchev–Trinajstić information content (AvgIpc) is 3.27. The molecule has 0 aliphatic rings. The number of aromatic nitrogens is 2. The van der Waals surface area contributed by atoms with E-state index in [-0.39, 0.29) is 11.4 Å². The maximum absolute atomic E-state index is 12.3. The van der Waals surface area contributed by atoms with Crippen molar-refractivity contribution >= 4 is 17.8 Å². The van der Waals surface area contributed by atoms with E-state index in [1.807, 2.05) is 37.3 Å². The summed E-state index contributed by atoms with van der Waals surface area (Å²) in [5, 5.41) is 21.1. The van der Waals surface area contributed by atoms with Gasteiger partial charge in [0.05, 0.1) is 18.5 Å². The van der Waals surface area contributed by atoms with Crippen LogP contribution in [-0.2, 0) is 0 Å². The molecule has 1 amide bonds. The largest absolute Gasteiger partial charge is 0.507 e. The molecule has 0 atom stereocenters. The van der Waals surface area contributed by atoms with Crippen molar-refractivity contribution in [1.29, 1.82) is 0 Å². The molecule has 0 radical (unpaired) electrons. The molecule has 0 saturated carbocycles. The van der Waals surface area contributed by atoms with Crippen LogP contribution in [0.25, 0.3) is 11.3 Å². The Kier molecular flexibility index (Phi) is 7.26. The van der Waals surface area contributed by atoms with E-state index < -0.39 is 5.91 Å². The molecule has 3 aromatic rings. The van der Waals surface area contributed by atoms with Crippen LogP contribution in [0.15, 0.2) is 53.6 Å². The Hall–Kier alpha value is -3.81. The topological polar surface area (TPSA) is 103 Å². The van der Waals surface area contributed by atoms with Crippen LogP contribution in [0.3, 0.4) is 0 Å². The minimum absolute atomic E-state index is 0.0988. The lowest BCUT2D eigenvalue weighted by atomic mass is 10.1. The van der Waals surface area contributed by atoms with Crippen LogP contribution >= 0.6 is 0 Å². The number of hydrogen-bond donors (Lipinski definition) is 3. The third kappa shape index (κ3) is 5.42. The molecular weight excluding hydrogens is 394 g/mol. The predicted molar refractivity (Wildman–Crippen MR) is 122 cm³/mol. The summed E-state index contributed by atoms with van der Waals surface area (Å²) in [6.45, 7) is 8.34. The molecule has 0 spiro atoms. The molecule has 0 aliphatic heterocycles. The van der Waals surface area contributed by atoms with Gasteiger partial charge in [-0.15, -0.1) is 0 Å². The summed E-state index contributed by atoms with van der Waals surface area (Å²) in [5.74, 6) is 0.449. The number of aromatic amines is 1. The number of nitrogens with zero attached hydrogens (tertiary/aromatic N) is 3. The van der Waals surface area contributed by atoms with Gasteiger partial charge in [0, 0.05) is 36.0 Å². The van der Waals surface area contributed by atoms with Gasteiger partial charge in [-0.25, -0.2) is 5.43 Å². The van der Waals surface area contributed by atoms with E-state index in [0.29, 0.717) is 17.9 Å². The number of anilines is 1. The van der Waals surface area contributed by atoms with Gasteiger partial charge in [0.15, 0.2) is 0 Å². The number of hydrogen-bond acceptors (Lipinski definition) is 6. The number of aromatic hydroxyl groups is 1. The molecule has 8 nitrogen and oxygen atoms in total. The zero-order valence-electron chi connectivity index (χ0n) is 17.9. The Morgan fingerprint density at radius 1 is 1.16 bits per heavy atom. The molecule has 8 heteroatoms. The summed E-state index contributed by atoms with van der Waals surface area (Å²) < 4.78 is 5.43. The van der Waals surface area contributed by atoms with Crippen molar-refractivity contribution in [2.45, 2.75) is 20.8 Å². The molecule has 1 aromatic heterocycles. The first-order valence-electron chi connectivity index (χ1n) is 10.3. The van der Waals surface area contributed by atoms with Gasteiger partial charge < -0.3 is 14.7 Å². The molecule has 1 heterocycles. The minimum atomic E-state index is -0.430. The van der Waals surface area contributed by atoms with Gasteiger partial charge in [0.25, 0.3) is 5.91 Å². The highest BCUT2D eigenvalue weighted by atomic mass is 16.5. The van der Waals surface area contributed by atoms with Crippen molar-refractivity contribution in [2.75, 3.05) is 24.6 Å². The lowest BCUT2D eigenvalue weighted by Crippen LogP contribution is -2.21. The smallest absolute Gasteiger partial charge is 0.289 e. The number of ether oxygens (including phenoxy) is 1. The Balaban J connectivity index is 1.63. The zero-order valence-corrected chi connectivity index (χ0v) is 17.9. The molecule has 0 fully saturated rings. The highest BCUT2D eigenvalue weighted by Gasteiger charge is 2.11. The van der Waals surface area contributed by atoms with E-state index in [0.717, 1.165) is 30.1 Å². The maximum Gasteiger partial charge on any atom is 0.289 e. The number of phenols is 1. The second kappa shape index (κ2) is 10.3. The third-order valence-electron chi connectivity index (χ3n) is 4.80. The molecular formula is C23H27N5O3. The summed E-state index contributed by atoms with van der Waals surface area (Å²) in [7, 11) is 0. The number of nitrogens with one attached hydrogen (secondary N) is 2. The van der Waals surface area contributed by atoms with Crippen LogP contribution in [0, 0.1) is 0 Å². The lowest BCUT2D eigenvalue weighted by Gasteiger charge is -2.21. The van der Waals surface area contributed by atoms with Crippen LogP contribution < -0.4 is 15.1 Å². The van der Waals surface area contributed by atoms with Crippen LogP contribution in [0.5, 0.6) is 11.5 Å². The van der Waals surface area contributed by atoms with Gasteiger partial charge in [0.1, 0.15) is 17.2 Å². The fourth-order valence-corrected chi connectivity index (χ4v) is 3.12. The van der Waals surface area contributed by atoms with Crippen molar-refractivity contribution in [3.63, 3.8) is 0 Å². The quantitative estimate of drug-likeness (QED) is 0.360. The van der Waals surface area contributed by atoms with Crippen LogP contribution in [0.2, 0.25) is 0 Å². The summed E-state index contributed by atoms with van der Waals surface area (Å²) in [6.07, 6.45) is 1.41. The van der Waals surface area contributed by atoms with E-state index >= 15 is 0 Å². The van der Waals surface area contributed by atoms with E-state index in [1.54, 1.807) is 18.2 Å². The molecule has 0 bridgehead atoms. The summed E-state index contributed by atoms with van der Waals surface area (Å²) in [4.78, 5) is 14.5. The first-order valence-corrected chi connectivity index (χ1v) is 10.3. The number of carbonyl (C=O) groups excluding carboxylic acids is 1. The van der Waals surface area contributed by atoms with Crippen molar-refractivity contribution in [2.24, 2.45) is 5.10 Å². The van der Waals surface area contributed by atoms with Crippen LogP contribution in [0.1, 0.15) is 36.8 Å². The van der Waals surface area contributed by atoms with Gasteiger partial charge in [-0.05, 0) is 63.2 Å². The average molecular weight is 422 g/mol. The first-order chi connectivity index (χ1) is 15.0. The fraction of sp³-hybridized carbons (Fsp3) is 0.261. The highest BCUT2D eigenvalue weighted by Crippen LogP contribution is 2.24. The second-order valence-electron chi connectivity index (χ2n) is 6.74. The van der Waals surface area contributed by atoms with Crippen molar-refractivity contribution < 1.29 is 14.6 Å². The van der Waals surface area contributed by atoms with Crippen LogP contribution in [0.4, 0.5) is 5.69 Å². The molecule has 31 heavy (non-hydrogen) atoms. The van der Waals surface area contributed by atoms with Gasteiger partial charge in [-0.1, -0.05) is 0 Å². The number of H-pyrrole nitrogens is 1. The monoisotopic (exact) mass is 421 g/mol. The number of rotatable bonds is 9. The highest BCUT2D eigenvalue weighted by molar-refractivity contribution is 5.94. The van der Waals surface area contributed by atoms with Gasteiger partial charge in [-0.2, -0.15) is 10.2 Å². The van der Waals surface area contributed by atoms with Crippen molar-refractivity contribution in [3.05, 3.63) is 59.8 Å². The normalized spacial score (nSPS) is 10.9. The number of hydrazone groups is 1. The second-order valence-corrected chi connectivity index (χ2v) is 6.74. The predicted octanol–water partition coefficient (Wildman–Crippen LogP) is 3.79. The zero-order chi connectivity index (χ0) is 22.2. The number of phenolic OH excluding ortho intramolecular Hbond substituents is 1. The van der Waals surface area contributed by atoms with E-state index in [4.69, 9.17) is 4.74 Å². The van der Waals surface area contributed by atoms with Gasteiger partial charge in [-0.3, -0.25) is 9.89 Å². The summed E-state index contributed by atoms with van der Waals surface area (Å²) >= 11 is 0. The van der Waals surface area contributed by atoms with E-state index in [9.17, 15) is 9.90 Å². The minimum Gasteiger partial charge on any atom is -0.507 e. The SMILES string of the molecule is CCOc1ccc(-c2cc(C(=O)N/N=C/c3ccc(N(CC)CC)cc3O)[nH]n2)cc1. The third-order valence-corrected chi connectivity index (χ3v) is 4.80. The molecule has 3 rings (SSSR count). The number of amides is 1. The van der Waals surface area contributed by atoms with E-state index in [2.05, 4.69) is 39.5 Å². The van der Waals surface area contributed by atoms with Gasteiger partial charge >= 0.3 is 0 Å². The molecule has 162 valence electrons. The fourth-order valence-electron chi connectivity index (χ4n) is 3.12. The molecule has 2 aromatic carbocycles. The Labute approximate surface area is 181 Å². The van der Waals surface area contributed by atoms with Crippen molar-refractivity contribution in [3.8, 4) is 22.8 Å². The molecule has 0 saturated heterocycles. The lowest BCUT2D eigenvalue weighted by molar-refractivity contribution is 0.0950.